The summed E-state index contributed by atoms with van der Waals surface area (Å²) in [5.74, 6) is -2.69. The molecule has 0 nitrogen and oxygen atoms in total. The smallest absolute Gasteiger partial charge is 0.202 e. The average Bonchev–Trinajstić information content (AvgIpc) is 1.62. The van der Waals surface area contributed by atoms with E-state index in [9.17, 15) is 8.78 Å². The number of alkyl halides is 2. The Balaban J connectivity index is 3.82. The van der Waals surface area contributed by atoms with E-state index < -0.39 is 5.92 Å². The fourth-order valence-electron chi connectivity index (χ4n) is 0.310. The standard InChI is InChI=1S/C6H10F2/c1-4-5(2)6(3,7)8/h2,4H2,1,3H3. The quantitative estimate of drug-likeness (QED) is 0.491. The maximum atomic E-state index is 12.0. The first-order valence-electron chi connectivity index (χ1n) is 2.54. The number of halogens is 2. The normalized spacial score (nSPS) is 11.5. The van der Waals surface area contributed by atoms with Gasteiger partial charge in [0.2, 0.25) is 0 Å². The third-order valence-corrected chi connectivity index (χ3v) is 1.05. The Morgan fingerprint density at radius 3 is 2.00 bits per heavy atom. The second-order valence-electron chi connectivity index (χ2n) is 1.85. The van der Waals surface area contributed by atoms with Crippen LogP contribution < -0.4 is 0 Å². The van der Waals surface area contributed by atoms with E-state index in [0.29, 0.717) is 6.42 Å². The number of allylic oxidation sites excluding steroid dienone is 1. The molecule has 0 N–H and O–H groups in total. The summed E-state index contributed by atoms with van der Waals surface area (Å²) in [5, 5.41) is 0. The van der Waals surface area contributed by atoms with Crippen LogP contribution in [0.3, 0.4) is 0 Å². The first-order valence-corrected chi connectivity index (χ1v) is 2.54. The van der Waals surface area contributed by atoms with E-state index in [0.717, 1.165) is 6.92 Å². The summed E-state index contributed by atoms with van der Waals surface area (Å²) in [7, 11) is 0. The highest BCUT2D eigenvalue weighted by Crippen LogP contribution is 2.23. The molecule has 0 unspecified atom stereocenters. The van der Waals surface area contributed by atoms with Crippen LogP contribution in [0.25, 0.3) is 0 Å². The summed E-state index contributed by atoms with van der Waals surface area (Å²) in [6.07, 6.45) is 0.351. The van der Waals surface area contributed by atoms with Crippen molar-refractivity contribution >= 4 is 0 Å². The highest BCUT2D eigenvalue weighted by molar-refractivity contribution is 5.03. The molecule has 0 aliphatic carbocycles. The van der Waals surface area contributed by atoms with Crippen LogP contribution in [0.1, 0.15) is 20.3 Å². The van der Waals surface area contributed by atoms with Crippen molar-refractivity contribution in [3.63, 3.8) is 0 Å². The van der Waals surface area contributed by atoms with Crippen molar-refractivity contribution in [2.75, 3.05) is 0 Å². The van der Waals surface area contributed by atoms with E-state index in [1.165, 1.54) is 0 Å². The van der Waals surface area contributed by atoms with Crippen molar-refractivity contribution in [2.24, 2.45) is 0 Å². The summed E-state index contributed by atoms with van der Waals surface area (Å²) in [6, 6.07) is 0. The van der Waals surface area contributed by atoms with Crippen LogP contribution in [0.4, 0.5) is 8.78 Å². The van der Waals surface area contributed by atoms with Crippen LogP contribution >= 0.6 is 0 Å². The number of hydrogen-bond acceptors (Lipinski definition) is 0. The third kappa shape index (κ3) is 2.05. The molecule has 0 aromatic heterocycles. The fraction of sp³-hybridized carbons (Fsp3) is 0.667. The van der Waals surface area contributed by atoms with Crippen molar-refractivity contribution in [3.05, 3.63) is 12.2 Å². The molecule has 0 saturated heterocycles. The molecule has 0 spiro atoms. The predicted molar refractivity (Wildman–Crippen MR) is 30.1 cm³/mol. The molecular formula is C6H10F2. The Hall–Kier alpha value is -0.400. The van der Waals surface area contributed by atoms with Crippen LogP contribution in [-0.2, 0) is 0 Å². The van der Waals surface area contributed by atoms with Gasteiger partial charge in [0.15, 0.2) is 0 Å². The van der Waals surface area contributed by atoms with Crippen LogP contribution in [0.2, 0.25) is 0 Å². The van der Waals surface area contributed by atoms with Gasteiger partial charge in [0, 0.05) is 6.92 Å². The van der Waals surface area contributed by atoms with Crippen molar-refractivity contribution in [1.29, 1.82) is 0 Å². The molecule has 0 aromatic carbocycles. The Kier molecular flexibility index (Phi) is 2.13. The molecule has 0 atom stereocenters. The zero-order valence-corrected chi connectivity index (χ0v) is 5.17. The van der Waals surface area contributed by atoms with Crippen molar-refractivity contribution in [2.45, 2.75) is 26.2 Å². The zero-order valence-electron chi connectivity index (χ0n) is 5.17. The Morgan fingerprint density at radius 2 is 2.00 bits per heavy atom. The molecule has 0 aliphatic rings. The lowest BCUT2D eigenvalue weighted by molar-refractivity contribution is 0.0609. The summed E-state index contributed by atoms with van der Waals surface area (Å²) >= 11 is 0. The van der Waals surface area contributed by atoms with Gasteiger partial charge >= 0.3 is 0 Å². The van der Waals surface area contributed by atoms with E-state index in [4.69, 9.17) is 0 Å². The topological polar surface area (TPSA) is 0 Å². The second kappa shape index (κ2) is 2.25. The van der Waals surface area contributed by atoms with Crippen molar-refractivity contribution < 1.29 is 8.78 Å². The third-order valence-electron chi connectivity index (χ3n) is 1.05. The molecule has 0 fully saturated rings. The van der Waals surface area contributed by atoms with Gasteiger partial charge in [0.25, 0.3) is 5.92 Å². The fourth-order valence-corrected chi connectivity index (χ4v) is 0.310. The van der Waals surface area contributed by atoms with E-state index in [1.807, 2.05) is 0 Å². The highest BCUT2D eigenvalue weighted by Gasteiger charge is 2.23. The van der Waals surface area contributed by atoms with Crippen LogP contribution in [0, 0.1) is 0 Å². The summed E-state index contributed by atoms with van der Waals surface area (Å²) in [6.45, 7) is 5.72. The van der Waals surface area contributed by atoms with Crippen LogP contribution in [0.15, 0.2) is 12.2 Å². The molecule has 0 amide bonds. The Labute approximate surface area is 48.2 Å². The molecule has 0 aliphatic heterocycles. The van der Waals surface area contributed by atoms with E-state index in [2.05, 4.69) is 6.58 Å². The van der Waals surface area contributed by atoms with Gasteiger partial charge in [-0.25, -0.2) is 8.78 Å². The Bertz CT molecular complexity index is 89.2. The lowest BCUT2D eigenvalue weighted by Crippen LogP contribution is -2.11. The van der Waals surface area contributed by atoms with Gasteiger partial charge in [-0.1, -0.05) is 13.5 Å². The van der Waals surface area contributed by atoms with Gasteiger partial charge in [0.05, 0.1) is 0 Å². The molecule has 0 heterocycles. The van der Waals surface area contributed by atoms with E-state index in [1.54, 1.807) is 6.92 Å². The zero-order chi connectivity index (χ0) is 6.78. The molecule has 0 rings (SSSR count). The SMILES string of the molecule is C=C(CC)C(C)(F)F. The minimum absolute atomic E-state index is 0.00231. The molecule has 2 heteroatoms. The second-order valence-corrected chi connectivity index (χ2v) is 1.85. The molecule has 0 bridgehead atoms. The van der Waals surface area contributed by atoms with E-state index >= 15 is 0 Å². The summed E-state index contributed by atoms with van der Waals surface area (Å²) < 4.78 is 24.0. The first kappa shape index (κ1) is 7.60. The van der Waals surface area contributed by atoms with E-state index in [-0.39, 0.29) is 5.57 Å². The first-order chi connectivity index (χ1) is 3.48. The lowest BCUT2D eigenvalue weighted by atomic mass is 10.1. The molecular weight excluding hydrogens is 110 g/mol. The predicted octanol–water partition coefficient (Wildman–Crippen LogP) is 2.61. The lowest BCUT2D eigenvalue weighted by Gasteiger charge is -2.10. The summed E-state index contributed by atoms with van der Waals surface area (Å²) in [4.78, 5) is 0. The van der Waals surface area contributed by atoms with Gasteiger partial charge in [-0.2, -0.15) is 0 Å². The summed E-state index contributed by atoms with van der Waals surface area (Å²) in [5.41, 5.74) is -0.00231. The monoisotopic (exact) mass is 120 g/mol. The Morgan fingerprint density at radius 1 is 1.62 bits per heavy atom. The van der Waals surface area contributed by atoms with Crippen molar-refractivity contribution in [1.82, 2.24) is 0 Å². The maximum absolute atomic E-state index is 12.0. The molecule has 0 aromatic rings. The number of hydrogen-bond donors (Lipinski definition) is 0. The molecule has 0 saturated carbocycles. The van der Waals surface area contributed by atoms with Gasteiger partial charge in [-0.05, 0) is 12.0 Å². The minimum Gasteiger partial charge on any atom is -0.202 e. The average molecular weight is 120 g/mol. The van der Waals surface area contributed by atoms with Crippen LogP contribution in [0.5, 0.6) is 0 Å². The van der Waals surface area contributed by atoms with Gasteiger partial charge in [-0.3, -0.25) is 0 Å². The minimum atomic E-state index is -2.69. The van der Waals surface area contributed by atoms with Gasteiger partial charge in [0.1, 0.15) is 0 Å². The van der Waals surface area contributed by atoms with Gasteiger partial charge < -0.3 is 0 Å². The highest BCUT2D eigenvalue weighted by atomic mass is 19.3. The van der Waals surface area contributed by atoms with Crippen molar-refractivity contribution in [3.8, 4) is 0 Å². The molecule has 48 valence electrons. The number of rotatable bonds is 2. The molecule has 0 radical (unpaired) electrons. The molecule has 8 heavy (non-hydrogen) atoms. The van der Waals surface area contributed by atoms with Crippen LogP contribution in [-0.4, -0.2) is 5.92 Å². The maximum Gasteiger partial charge on any atom is 0.266 e. The largest absolute Gasteiger partial charge is 0.266 e. The van der Waals surface area contributed by atoms with Gasteiger partial charge in [-0.15, -0.1) is 0 Å².